The summed E-state index contributed by atoms with van der Waals surface area (Å²) < 4.78 is 0. The molecule has 0 bridgehead atoms. The molecule has 1 aromatic rings. The van der Waals surface area contributed by atoms with Gasteiger partial charge in [0, 0.05) is 5.41 Å². The van der Waals surface area contributed by atoms with E-state index in [0.29, 0.717) is 6.42 Å². The van der Waals surface area contributed by atoms with Crippen LogP contribution in [-0.2, 0) is 5.41 Å². The summed E-state index contributed by atoms with van der Waals surface area (Å²) in [6.07, 6.45) is 2.01. The van der Waals surface area contributed by atoms with Gasteiger partial charge in [0.2, 0.25) is 0 Å². The van der Waals surface area contributed by atoms with Gasteiger partial charge >= 0.3 is 0 Å². The van der Waals surface area contributed by atoms with Gasteiger partial charge in [-0.05, 0) is 12.0 Å². The minimum Gasteiger partial charge on any atom is -0.392 e. The van der Waals surface area contributed by atoms with Crippen molar-refractivity contribution in [2.24, 2.45) is 0 Å². The molecule has 0 spiro atoms. The van der Waals surface area contributed by atoms with Crippen LogP contribution in [0.3, 0.4) is 0 Å². The van der Waals surface area contributed by atoms with E-state index < -0.39 is 0 Å². The quantitative estimate of drug-likeness (QED) is 0.724. The zero-order valence-electron chi connectivity index (χ0n) is 8.90. The van der Waals surface area contributed by atoms with Crippen molar-refractivity contribution >= 4 is 0 Å². The van der Waals surface area contributed by atoms with E-state index in [1.807, 2.05) is 30.3 Å². The topological polar surface area (TPSA) is 20.2 Å². The van der Waals surface area contributed by atoms with Crippen LogP contribution >= 0.6 is 0 Å². The molecular formula is C13H18O. The van der Waals surface area contributed by atoms with Crippen molar-refractivity contribution < 1.29 is 5.11 Å². The molecule has 76 valence electrons. The second kappa shape index (κ2) is 4.43. The van der Waals surface area contributed by atoms with E-state index in [1.165, 1.54) is 0 Å². The van der Waals surface area contributed by atoms with Gasteiger partial charge in [-0.1, -0.05) is 50.3 Å². The highest BCUT2D eigenvalue weighted by Crippen LogP contribution is 2.28. The van der Waals surface area contributed by atoms with E-state index in [0.717, 1.165) is 5.56 Å². The number of hydrogen-bond donors (Lipinski definition) is 1. The van der Waals surface area contributed by atoms with Gasteiger partial charge in [-0.15, -0.1) is 6.58 Å². The van der Waals surface area contributed by atoms with Crippen molar-refractivity contribution in [1.29, 1.82) is 0 Å². The highest BCUT2D eigenvalue weighted by Gasteiger charge is 2.28. The van der Waals surface area contributed by atoms with Gasteiger partial charge in [0.25, 0.3) is 0 Å². The third-order valence-electron chi connectivity index (χ3n) is 2.74. The van der Waals surface area contributed by atoms with Crippen LogP contribution in [0.25, 0.3) is 0 Å². The number of hydrogen-bond acceptors (Lipinski definition) is 1. The van der Waals surface area contributed by atoms with Gasteiger partial charge in [-0.2, -0.15) is 0 Å². The molecule has 1 rings (SSSR count). The molecule has 0 heterocycles. The summed E-state index contributed by atoms with van der Waals surface area (Å²) in [5.41, 5.74) is 0.949. The first kappa shape index (κ1) is 11.0. The Bertz CT molecular complexity index is 287. The number of aliphatic hydroxyl groups excluding tert-OH is 1. The summed E-state index contributed by atoms with van der Waals surface area (Å²) in [4.78, 5) is 0. The largest absolute Gasteiger partial charge is 0.392 e. The molecule has 0 radical (unpaired) electrons. The minimum atomic E-state index is -0.373. The molecule has 1 aromatic carbocycles. The van der Waals surface area contributed by atoms with Crippen molar-refractivity contribution in [3.05, 3.63) is 48.6 Å². The Balaban J connectivity index is 2.89. The molecule has 0 amide bonds. The molecule has 0 aliphatic heterocycles. The maximum atomic E-state index is 9.96. The molecule has 1 atom stereocenters. The van der Waals surface area contributed by atoms with Crippen LogP contribution in [0, 0.1) is 0 Å². The lowest BCUT2D eigenvalue weighted by molar-refractivity contribution is 0.103. The van der Waals surface area contributed by atoms with Crippen LogP contribution in [0.1, 0.15) is 25.8 Å². The summed E-state index contributed by atoms with van der Waals surface area (Å²) >= 11 is 0. The molecule has 0 saturated carbocycles. The molecule has 1 heteroatoms. The maximum Gasteiger partial charge on any atom is 0.0665 e. The Hall–Kier alpha value is -1.08. The third kappa shape index (κ3) is 2.24. The first-order valence-corrected chi connectivity index (χ1v) is 4.93. The van der Waals surface area contributed by atoms with Gasteiger partial charge in [0.15, 0.2) is 0 Å². The van der Waals surface area contributed by atoms with Gasteiger partial charge < -0.3 is 5.11 Å². The average Bonchev–Trinajstić information content (AvgIpc) is 2.19. The van der Waals surface area contributed by atoms with Crippen LogP contribution in [0.4, 0.5) is 0 Å². The Kier molecular flexibility index (Phi) is 3.48. The first-order valence-electron chi connectivity index (χ1n) is 4.93. The monoisotopic (exact) mass is 190 g/mol. The maximum absolute atomic E-state index is 9.96. The summed E-state index contributed by atoms with van der Waals surface area (Å²) in [7, 11) is 0. The van der Waals surface area contributed by atoms with E-state index in [2.05, 4.69) is 20.4 Å². The summed E-state index contributed by atoms with van der Waals surface area (Å²) in [5.74, 6) is 0. The van der Waals surface area contributed by atoms with Crippen molar-refractivity contribution in [3.63, 3.8) is 0 Å². The van der Waals surface area contributed by atoms with Crippen LogP contribution in [0.2, 0.25) is 0 Å². The fourth-order valence-corrected chi connectivity index (χ4v) is 1.51. The first-order chi connectivity index (χ1) is 6.59. The van der Waals surface area contributed by atoms with Crippen LogP contribution in [0.5, 0.6) is 0 Å². The smallest absolute Gasteiger partial charge is 0.0665 e. The summed E-state index contributed by atoms with van der Waals surface area (Å²) in [6.45, 7) is 7.75. The standard InChI is InChI=1S/C13H18O/c1-4-8-12(14)13(2,3)11-9-6-5-7-10-11/h4-7,9-10,12,14H,1,8H2,2-3H3. The molecule has 0 saturated heterocycles. The Morgan fingerprint density at radius 1 is 1.36 bits per heavy atom. The fraction of sp³-hybridized carbons (Fsp3) is 0.385. The molecule has 0 aliphatic rings. The van der Waals surface area contributed by atoms with E-state index in [4.69, 9.17) is 0 Å². The zero-order chi connectivity index (χ0) is 10.6. The van der Waals surface area contributed by atoms with Crippen molar-refractivity contribution in [1.82, 2.24) is 0 Å². The van der Waals surface area contributed by atoms with Gasteiger partial charge in [-0.25, -0.2) is 0 Å². The zero-order valence-corrected chi connectivity index (χ0v) is 8.90. The van der Waals surface area contributed by atoms with E-state index in [-0.39, 0.29) is 11.5 Å². The Morgan fingerprint density at radius 2 is 1.93 bits per heavy atom. The molecule has 14 heavy (non-hydrogen) atoms. The number of benzene rings is 1. The van der Waals surface area contributed by atoms with E-state index in [1.54, 1.807) is 6.08 Å². The van der Waals surface area contributed by atoms with E-state index in [9.17, 15) is 5.11 Å². The summed E-state index contributed by atoms with van der Waals surface area (Å²) in [6, 6.07) is 10.1. The minimum absolute atomic E-state index is 0.213. The molecular weight excluding hydrogens is 172 g/mol. The van der Waals surface area contributed by atoms with E-state index >= 15 is 0 Å². The fourth-order valence-electron chi connectivity index (χ4n) is 1.51. The Morgan fingerprint density at radius 3 is 2.43 bits per heavy atom. The SMILES string of the molecule is C=CCC(O)C(C)(C)c1ccccc1. The average molecular weight is 190 g/mol. The second-order valence-electron chi connectivity index (χ2n) is 4.13. The second-order valence-corrected chi connectivity index (χ2v) is 4.13. The van der Waals surface area contributed by atoms with Crippen LogP contribution in [0.15, 0.2) is 43.0 Å². The summed E-state index contributed by atoms with van der Waals surface area (Å²) in [5, 5.41) is 9.96. The van der Waals surface area contributed by atoms with Crippen LogP contribution < -0.4 is 0 Å². The highest BCUT2D eigenvalue weighted by molar-refractivity contribution is 5.25. The van der Waals surface area contributed by atoms with Crippen LogP contribution in [-0.4, -0.2) is 11.2 Å². The predicted octanol–water partition coefficient (Wildman–Crippen LogP) is 2.90. The van der Waals surface area contributed by atoms with Gasteiger partial charge in [0.1, 0.15) is 0 Å². The molecule has 1 unspecified atom stereocenters. The lowest BCUT2D eigenvalue weighted by Gasteiger charge is -2.30. The normalized spacial score (nSPS) is 13.6. The molecule has 0 aliphatic carbocycles. The predicted molar refractivity (Wildman–Crippen MR) is 60.3 cm³/mol. The lowest BCUT2D eigenvalue weighted by Crippen LogP contribution is -2.33. The molecule has 1 nitrogen and oxygen atoms in total. The van der Waals surface area contributed by atoms with Crippen molar-refractivity contribution in [2.45, 2.75) is 31.8 Å². The van der Waals surface area contributed by atoms with Crippen molar-refractivity contribution in [3.8, 4) is 0 Å². The molecule has 1 N–H and O–H groups in total. The highest BCUT2D eigenvalue weighted by atomic mass is 16.3. The van der Waals surface area contributed by atoms with Gasteiger partial charge in [-0.3, -0.25) is 0 Å². The Labute approximate surface area is 86.1 Å². The molecule has 0 aromatic heterocycles. The number of rotatable bonds is 4. The third-order valence-corrected chi connectivity index (χ3v) is 2.74. The number of aliphatic hydroxyl groups is 1. The lowest BCUT2D eigenvalue weighted by atomic mass is 9.78. The van der Waals surface area contributed by atoms with Gasteiger partial charge in [0.05, 0.1) is 6.10 Å². The molecule has 0 fully saturated rings. The van der Waals surface area contributed by atoms with Crippen molar-refractivity contribution in [2.75, 3.05) is 0 Å².